The molecule has 2 rings (SSSR count). The van der Waals surface area contributed by atoms with E-state index in [4.69, 9.17) is 5.11 Å². The third-order valence-electron chi connectivity index (χ3n) is 3.11. The van der Waals surface area contributed by atoms with Gasteiger partial charge in [-0.2, -0.15) is 0 Å². The van der Waals surface area contributed by atoms with Gasteiger partial charge in [0.25, 0.3) is 5.69 Å². The third-order valence-corrected chi connectivity index (χ3v) is 3.11. The number of aryl methyl sites for hydroxylation is 1. The molecule has 1 fully saturated rings. The van der Waals surface area contributed by atoms with Gasteiger partial charge in [-0.3, -0.25) is 14.9 Å². The lowest BCUT2D eigenvalue weighted by atomic mass is 10.2. The standard InChI is InChI=1S/C12H15N3O4/c1-8-6-11(13-7-10(8)15(18)19)14(9-2-3-9)5-4-12(16)17/h6-7,9H,2-5H2,1H3,(H,16,17). The second-order valence-corrected chi connectivity index (χ2v) is 4.65. The van der Waals surface area contributed by atoms with E-state index in [0.717, 1.165) is 12.8 Å². The van der Waals surface area contributed by atoms with Gasteiger partial charge in [-0.1, -0.05) is 0 Å². The van der Waals surface area contributed by atoms with Gasteiger partial charge in [0.15, 0.2) is 0 Å². The molecule has 0 radical (unpaired) electrons. The fraction of sp³-hybridized carbons (Fsp3) is 0.500. The lowest BCUT2D eigenvalue weighted by Crippen LogP contribution is -2.29. The minimum Gasteiger partial charge on any atom is -0.481 e. The lowest BCUT2D eigenvalue weighted by molar-refractivity contribution is -0.385. The maximum Gasteiger partial charge on any atom is 0.305 e. The summed E-state index contributed by atoms with van der Waals surface area (Å²) >= 11 is 0. The third kappa shape index (κ3) is 3.18. The van der Waals surface area contributed by atoms with Crippen LogP contribution in [0.2, 0.25) is 0 Å². The topological polar surface area (TPSA) is 96.6 Å². The summed E-state index contributed by atoms with van der Waals surface area (Å²) in [6.07, 6.45) is 3.30. The number of pyridine rings is 1. The molecule has 0 aromatic carbocycles. The quantitative estimate of drug-likeness (QED) is 0.621. The Hall–Kier alpha value is -2.18. The number of hydrogen-bond acceptors (Lipinski definition) is 5. The summed E-state index contributed by atoms with van der Waals surface area (Å²) in [4.78, 5) is 26.9. The van der Waals surface area contributed by atoms with E-state index in [0.29, 0.717) is 24.0 Å². The van der Waals surface area contributed by atoms with Crippen molar-refractivity contribution in [3.05, 3.63) is 27.9 Å². The van der Waals surface area contributed by atoms with Gasteiger partial charge in [0.05, 0.1) is 11.3 Å². The first-order valence-electron chi connectivity index (χ1n) is 6.08. The Kier molecular flexibility index (Phi) is 3.64. The Balaban J connectivity index is 2.19. The van der Waals surface area contributed by atoms with Gasteiger partial charge in [0.2, 0.25) is 0 Å². The van der Waals surface area contributed by atoms with Gasteiger partial charge in [-0.05, 0) is 25.8 Å². The average Bonchev–Trinajstić information content (AvgIpc) is 3.13. The van der Waals surface area contributed by atoms with Crippen molar-refractivity contribution in [3.63, 3.8) is 0 Å². The van der Waals surface area contributed by atoms with E-state index in [2.05, 4.69) is 4.98 Å². The van der Waals surface area contributed by atoms with Crippen LogP contribution in [-0.2, 0) is 4.79 Å². The predicted molar refractivity (Wildman–Crippen MR) is 68.2 cm³/mol. The molecule has 0 saturated heterocycles. The average molecular weight is 265 g/mol. The Morgan fingerprint density at radius 1 is 1.63 bits per heavy atom. The van der Waals surface area contributed by atoms with Gasteiger partial charge in [0, 0.05) is 18.2 Å². The number of anilines is 1. The van der Waals surface area contributed by atoms with Crippen molar-refractivity contribution in [1.29, 1.82) is 0 Å². The van der Waals surface area contributed by atoms with E-state index in [9.17, 15) is 14.9 Å². The number of nitrogens with zero attached hydrogens (tertiary/aromatic N) is 3. The van der Waals surface area contributed by atoms with E-state index in [1.807, 2.05) is 4.90 Å². The number of aromatic nitrogens is 1. The largest absolute Gasteiger partial charge is 0.481 e. The zero-order chi connectivity index (χ0) is 14.0. The molecule has 1 aromatic heterocycles. The summed E-state index contributed by atoms with van der Waals surface area (Å²) in [6, 6.07) is 1.96. The molecule has 0 atom stereocenters. The van der Waals surface area contributed by atoms with Gasteiger partial charge >= 0.3 is 5.97 Å². The molecule has 7 nitrogen and oxygen atoms in total. The summed E-state index contributed by atoms with van der Waals surface area (Å²) < 4.78 is 0. The minimum absolute atomic E-state index is 0.0160. The normalized spacial score (nSPS) is 14.2. The molecule has 1 aromatic rings. The molecule has 0 aliphatic heterocycles. The van der Waals surface area contributed by atoms with Crippen LogP contribution in [0.15, 0.2) is 12.3 Å². The summed E-state index contributed by atoms with van der Waals surface area (Å²) in [7, 11) is 0. The molecule has 1 heterocycles. The molecule has 0 amide bonds. The first kappa shape index (κ1) is 13.3. The number of rotatable bonds is 6. The van der Waals surface area contributed by atoms with Crippen LogP contribution in [0.1, 0.15) is 24.8 Å². The number of nitro groups is 1. The van der Waals surface area contributed by atoms with Crippen LogP contribution >= 0.6 is 0 Å². The zero-order valence-electron chi connectivity index (χ0n) is 10.6. The second kappa shape index (κ2) is 5.21. The lowest BCUT2D eigenvalue weighted by Gasteiger charge is -2.22. The van der Waals surface area contributed by atoms with Gasteiger partial charge < -0.3 is 10.0 Å². The molecule has 19 heavy (non-hydrogen) atoms. The molecule has 1 aliphatic carbocycles. The van der Waals surface area contributed by atoms with Crippen molar-refractivity contribution < 1.29 is 14.8 Å². The van der Waals surface area contributed by atoms with Crippen LogP contribution in [-0.4, -0.2) is 33.6 Å². The number of carboxylic acid groups (broad SMARTS) is 1. The maximum atomic E-state index is 10.7. The van der Waals surface area contributed by atoms with Gasteiger partial charge in [-0.25, -0.2) is 4.98 Å². The van der Waals surface area contributed by atoms with Crippen LogP contribution in [0.3, 0.4) is 0 Å². The molecule has 102 valence electrons. The highest BCUT2D eigenvalue weighted by molar-refractivity contribution is 5.67. The van der Waals surface area contributed by atoms with Crippen molar-refractivity contribution >= 4 is 17.5 Å². The van der Waals surface area contributed by atoms with Crippen LogP contribution in [0, 0.1) is 17.0 Å². The van der Waals surface area contributed by atoms with Gasteiger partial charge in [-0.15, -0.1) is 0 Å². The summed E-state index contributed by atoms with van der Waals surface area (Å²) in [6.45, 7) is 2.04. The molecule has 1 saturated carbocycles. The second-order valence-electron chi connectivity index (χ2n) is 4.65. The van der Waals surface area contributed by atoms with E-state index in [1.54, 1.807) is 13.0 Å². The molecule has 1 N–H and O–H groups in total. The molecular weight excluding hydrogens is 250 g/mol. The number of carbonyl (C=O) groups is 1. The van der Waals surface area contributed by atoms with E-state index >= 15 is 0 Å². The highest BCUT2D eigenvalue weighted by Gasteiger charge is 2.30. The van der Waals surface area contributed by atoms with E-state index in [1.165, 1.54) is 6.20 Å². The van der Waals surface area contributed by atoms with E-state index < -0.39 is 10.9 Å². The van der Waals surface area contributed by atoms with Crippen molar-refractivity contribution in [2.45, 2.75) is 32.2 Å². The van der Waals surface area contributed by atoms with Crippen molar-refractivity contribution in [1.82, 2.24) is 4.98 Å². The maximum absolute atomic E-state index is 10.7. The smallest absolute Gasteiger partial charge is 0.305 e. The Morgan fingerprint density at radius 3 is 2.79 bits per heavy atom. The minimum atomic E-state index is -0.857. The Bertz CT molecular complexity index is 514. The van der Waals surface area contributed by atoms with Crippen molar-refractivity contribution in [2.75, 3.05) is 11.4 Å². The highest BCUT2D eigenvalue weighted by Crippen LogP contribution is 2.32. The summed E-state index contributed by atoms with van der Waals surface area (Å²) in [5.41, 5.74) is 0.522. The predicted octanol–water partition coefficient (Wildman–Crippen LogP) is 1.74. The highest BCUT2D eigenvalue weighted by atomic mass is 16.6. The summed E-state index contributed by atoms with van der Waals surface area (Å²) in [5.74, 6) is -0.240. The van der Waals surface area contributed by atoms with Crippen LogP contribution in [0.25, 0.3) is 0 Å². The fourth-order valence-corrected chi connectivity index (χ4v) is 1.97. The molecule has 0 bridgehead atoms. The first-order valence-corrected chi connectivity index (χ1v) is 6.08. The number of carboxylic acids is 1. The summed E-state index contributed by atoms with van der Waals surface area (Å²) in [5, 5.41) is 19.5. The van der Waals surface area contributed by atoms with Gasteiger partial charge in [0.1, 0.15) is 12.0 Å². The number of aliphatic carboxylic acids is 1. The molecule has 1 aliphatic rings. The van der Waals surface area contributed by atoms with Crippen molar-refractivity contribution in [2.24, 2.45) is 0 Å². The first-order chi connectivity index (χ1) is 8.99. The monoisotopic (exact) mass is 265 g/mol. The van der Waals surface area contributed by atoms with Crippen LogP contribution < -0.4 is 4.90 Å². The Labute approximate surface area is 110 Å². The molecule has 0 spiro atoms. The van der Waals surface area contributed by atoms with Crippen LogP contribution in [0.5, 0.6) is 0 Å². The zero-order valence-corrected chi connectivity index (χ0v) is 10.6. The SMILES string of the molecule is Cc1cc(N(CCC(=O)O)C2CC2)ncc1[N+](=O)[O-]. The van der Waals surface area contributed by atoms with Crippen molar-refractivity contribution in [3.8, 4) is 0 Å². The van der Waals surface area contributed by atoms with E-state index in [-0.39, 0.29) is 12.1 Å². The fourth-order valence-electron chi connectivity index (χ4n) is 1.97. The molecule has 0 unspecified atom stereocenters. The Morgan fingerprint density at radius 2 is 2.32 bits per heavy atom. The van der Waals surface area contributed by atoms with Crippen LogP contribution in [0.4, 0.5) is 11.5 Å². The number of hydrogen-bond donors (Lipinski definition) is 1. The molecular formula is C12H15N3O4. The molecule has 7 heteroatoms.